The Bertz CT molecular complexity index is 926. The summed E-state index contributed by atoms with van der Waals surface area (Å²) < 4.78 is 0. The number of nitrogens with zero attached hydrogens (tertiary/aromatic N) is 1. The number of aliphatic hydroxyl groups excluding tert-OH is 1. The van der Waals surface area contributed by atoms with Gasteiger partial charge in [-0.25, -0.2) is 0 Å². The molecule has 5 rings (SSSR count). The van der Waals surface area contributed by atoms with Gasteiger partial charge in [-0.15, -0.1) is 0 Å². The summed E-state index contributed by atoms with van der Waals surface area (Å²) in [5.41, 5.74) is 6.36. The molecule has 0 amide bonds. The quantitative estimate of drug-likeness (QED) is 0.434. The van der Waals surface area contributed by atoms with Gasteiger partial charge in [-0.05, 0) is 84.1 Å². The van der Waals surface area contributed by atoms with Gasteiger partial charge in [0.25, 0.3) is 0 Å². The third-order valence-corrected chi connectivity index (χ3v) is 8.23. The van der Waals surface area contributed by atoms with E-state index in [2.05, 4.69) is 24.2 Å². The first-order valence-corrected chi connectivity index (χ1v) is 10.9. The third-order valence-electron chi connectivity index (χ3n) is 8.23. The molecule has 152 valence electrons. The number of hydrogen-bond donors (Lipinski definition) is 2. The van der Waals surface area contributed by atoms with Crippen LogP contribution in [0.2, 0.25) is 0 Å². The molecule has 29 heavy (non-hydrogen) atoms. The van der Waals surface area contributed by atoms with Gasteiger partial charge in [0.2, 0.25) is 0 Å². The van der Waals surface area contributed by atoms with Gasteiger partial charge < -0.3 is 10.3 Å². The summed E-state index contributed by atoms with van der Waals surface area (Å²) in [6.07, 6.45) is 9.67. The summed E-state index contributed by atoms with van der Waals surface area (Å²) in [5.74, 6) is 1.59. The van der Waals surface area contributed by atoms with Gasteiger partial charge in [0.1, 0.15) is 0 Å². The van der Waals surface area contributed by atoms with Gasteiger partial charge in [0.05, 0.1) is 12.3 Å². The Kier molecular flexibility index (Phi) is 4.50. The van der Waals surface area contributed by atoms with Gasteiger partial charge in [0, 0.05) is 12.3 Å². The average molecular weight is 392 g/mol. The van der Waals surface area contributed by atoms with Gasteiger partial charge in [0.15, 0.2) is 5.78 Å². The highest BCUT2D eigenvalue weighted by molar-refractivity contribution is 5.93. The molecular formula is C25H29NO3. The van der Waals surface area contributed by atoms with Crippen LogP contribution in [0.25, 0.3) is 0 Å². The van der Waals surface area contributed by atoms with Crippen LogP contribution >= 0.6 is 0 Å². The van der Waals surface area contributed by atoms with E-state index >= 15 is 0 Å². The van der Waals surface area contributed by atoms with Gasteiger partial charge in [-0.1, -0.05) is 41.9 Å². The van der Waals surface area contributed by atoms with Crippen molar-refractivity contribution >= 4 is 12.0 Å². The first kappa shape index (κ1) is 18.8. The Morgan fingerprint density at radius 1 is 1.10 bits per heavy atom. The maximum atomic E-state index is 12.0. The number of rotatable bonds is 2. The molecule has 0 unspecified atom stereocenters. The van der Waals surface area contributed by atoms with E-state index in [9.17, 15) is 9.90 Å². The van der Waals surface area contributed by atoms with E-state index in [0.717, 1.165) is 44.1 Å². The van der Waals surface area contributed by atoms with E-state index in [1.807, 2.05) is 18.2 Å². The summed E-state index contributed by atoms with van der Waals surface area (Å²) in [4.78, 5) is 12.0. The molecule has 0 aromatic heterocycles. The molecule has 0 spiro atoms. The molecule has 5 atom stereocenters. The molecule has 4 heteroatoms. The van der Waals surface area contributed by atoms with Crippen molar-refractivity contribution in [1.82, 2.24) is 0 Å². The van der Waals surface area contributed by atoms with E-state index in [1.165, 1.54) is 22.9 Å². The van der Waals surface area contributed by atoms with Crippen molar-refractivity contribution in [2.45, 2.75) is 63.9 Å². The van der Waals surface area contributed by atoms with Crippen LogP contribution in [0, 0.1) is 17.3 Å². The van der Waals surface area contributed by atoms with Crippen LogP contribution in [0.15, 0.2) is 52.2 Å². The van der Waals surface area contributed by atoms with Crippen LogP contribution in [-0.2, 0) is 4.79 Å². The van der Waals surface area contributed by atoms with Crippen LogP contribution in [0.3, 0.4) is 0 Å². The summed E-state index contributed by atoms with van der Waals surface area (Å²) in [6.45, 7) is 2.30. The monoisotopic (exact) mass is 391 g/mol. The fourth-order valence-corrected chi connectivity index (χ4v) is 6.81. The zero-order valence-electron chi connectivity index (χ0n) is 17.0. The smallest absolute Gasteiger partial charge is 0.156 e. The molecule has 1 aromatic carbocycles. The number of hydrogen-bond acceptors (Lipinski definition) is 4. The molecule has 0 radical (unpaired) electrons. The predicted octanol–water partition coefficient (Wildman–Crippen LogP) is 4.76. The molecule has 4 nitrogen and oxygen atoms in total. The number of fused-ring (bicyclic) bond motifs is 4. The van der Waals surface area contributed by atoms with Crippen LogP contribution in [0.5, 0.6) is 0 Å². The Balaban J connectivity index is 1.64. The highest BCUT2D eigenvalue weighted by Crippen LogP contribution is 2.63. The number of benzene rings is 1. The molecule has 4 aliphatic carbocycles. The summed E-state index contributed by atoms with van der Waals surface area (Å²) >= 11 is 0. The molecule has 0 heterocycles. The highest BCUT2D eigenvalue weighted by atomic mass is 16.4. The minimum absolute atomic E-state index is 0.0453. The number of carbonyl (C=O) groups excluding carboxylic acids is 1. The largest absolute Gasteiger partial charge is 0.411 e. The van der Waals surface area contributed by atoms with E-state index in [1.54, 1.807) is 5.57 Å². The van der Waals surface area contributed by atoms with Crippen molar-refractivity contribution in [1.29, 1.82) is 0 Å². The lowest BCUT2D eigenvalue weighted by atomic mass is 9.53. The van der Waals surface area contributed by atoms with Crippen molar-refractivity contribution in [3.8, 4) is 0 Å². The lowest BCUT2D eigenvalue weighted by Crippen LogP contribution is -2.45. The normalized spacial score (nSPS) is 36.6. The topological polar surface area (TPSA) is 69.9 Å². The number of allylic oxidation sites excluding steroid dienone is 4. The SMILES string of the molecule is C[C@]12C[C@H](c3ccc(/C=N/O)cc3)C3=C4CCC(=O)C=C4CC[C@H]3[C@@H]1CC[C@@H]2O. The summed E-state index contributed by atoms with van der Waals surface area (Å²) in [6, 6.07) is 8.28. The van der Waals surface area contributed by atoms with Crippen molar-refractivity contribution < 1.29 is 15.1 Å². The number of aliphatic hydroxyl groups is 1. The van der Waals surface area contributed by atoms with Crippen LogP contribution < -0.4 is 0 Å². The minimum atomic E-state index is -0.229. The zero-order chi connectivity index (χ0) is 20.2. The zero-order valence-corrected chi connectivity index (χ0v) is 17.0. The van der Waals surface area contributed by atoms with E-state index in [-0.39, 0.29) is 23.2 Å². The maximum absolute atomic E-state index is 12.0. The number of oxime groups is 1. The van der Waals surface area contributed by atoms with Crippen LogP contribution in [-0.4, -0.2) is 28.4 Å². The number of ketones is 1. The first-order valence-electron chi connectivity index (χ1n) is 10.9. The Morgan fingerprint density at radius 3 is 2.66 bits per heavy atom. The van der Waals surface area contributed by atoms with Crippen molar-refractivity contribution in [3.63, 3.8) is 0 Å². The average Bonchev–Trinajstić information content (AvgIpc) is 3.02. The fraction of sp³-hybridized carbons (Fsp3) is 0.520. The second-order valence-electron chi connectivity index (χ2n) is 9.59. The molecule has 0 saturated heterocycles. The standard InChI is InChI=1S/C25H29NO3/c1-25-13-21(16-4-2-15(3-5-16)14-26-29)24-19-9-7-18(27)12-17(19)6-8-20(24)22(25)10-11-23(25)28/h2-5,12,14,20-23,28-29H,6-11,13H2,1H3/b26-14+/t20-,21+,22-,23-,25-/m0/s1. The van der Waals surface area contributed by atoms with E-state index in [0.29, 0.717) is 18.3 Å². The molecule has 2 N–H and O–H groups in total. The fourth-order valence-electron chi connectivity index (χ4n) is 6.81. The molecule has 2 fully saturated rings. The van der Waals surface area contributed by atoms with Crippen LogP contribution in [0.4, 0.5) is 0 Å². The summed E-state index contributed by atoms with van der Waals surface area (Å²) in [7, 11) is 0. The lowest BCUT2D eigenvalue weighted by molar-refractivity contribution is -0.114. The Morgan fingerprint density at radius 2 is 1.90 bits per heavy atom. The molecular weight excluding hydrogens is 362 g/mol. The Labute approximate surface area is 172 Å². The Hall–Kier alpha value is -2.20. The van der Waals surface area contributed by atoms with E-state index < -0.39 is 0 Å². The van der Waals surface area contributed by atoms with Crippen molar-refractivity contribution in [3.05, 3.63) is 58.2 Å². The third kappa shape index (κ3) is 2.92. The number of carbonyl (C=O) groups is 1. The van der Waals surface area contributed by atoms with Gasteiger partial charge in [-0.3, -0.25) is 4.79 Å². The summed E-state index contributed by atoms with van der Waals surface area (Å²) in [5, 5.41) is 22.8. The minimum Gasteiger partial charge on any atom is -0.411 e. The maximum Gasteiger partial charge on any atom is 0.156 e. The lowest BCUT2D eigenvalue weighted by Gasteiger charge is -2.52. The van der Waals surface area contributed by atoms with E-state index in [4.69, 9.17) is 5.21 Å². The van der Waals surface area contributed by atoms with Crippen molar-refractivity contribution in [2.24, 2.45) is 22.4 Å². The van der Waals surface area contributed by atoms with Crippen LogP contribution in [0.1, 0.15) is 68.9 Å². The van der Waals surface area contributed by atoms with Gasteiger partial charge in [-0.2, -0.15) is 0 Å². The molecule has 0 bridgehead atoms. The second-order valence-corrected chi connectivity index (χ2v) is 9.59. The molecule has 1 aromatic rings. The van der Waals surface area contributed by atoms with Crippen molar-refractivity contribution in [2.75, 3.05) is 0 Å². The second kappa shape index (κ2) is 6.94. The first-order chi connectivity index (χ1) is 14.0. The highest BCUT2D eigenvalue weighted by Gasteiger charge is 2.56. The van der Waals surface area contributed by atoms with Gasteiger partial charge >= 0.3 is 0 Å². The molecule has 4 aliphatic rings. The molecule has 2 saturated carbocycles. The predicted molar refractivity (Wildman–Crippen MR) is 112 cm³/mol. The molecule has 0 aliphatic heterocycles.